The minimum Gasteiger partial charge on any atom is -0.478 e. The third-order valence-electron chi connectivity index (χ3n) is 6.30. The number of carboxylic acids is 1. The van der Waals surface area contributed by atoms with E-state index < -0.39 is 5.97 Å². The minimum atomic E-state index is -0.935. The first kappa shape index (κ1) is 17.3. The van der Waals surface area contributed by atoms with Crippen molar-refractivity contribution in [1.82, 2.24) is 4.90 Å². The molecule has 3 aliphatic rings. The minimum absolute atomic E-state index is 0.253. The molecule has 2 aromatic rings. The van der Waals surface area contributed by atoms with Gasteiger partial charge in [0.15, 0.2) is 0 Å². The molecule has 0 aliphatic carbocycles. The lowest BCUT2D eigenvalue weighted by Crippen LogP contribution is -2.40. The van der Waals surface area contributed by atoms with Gasteiger partial charge in [0, 0.05) is 29.8 Å². The van der Waals surface area contributed by atoms with Crippen LogP contribution < -0.4 is 4.74 Å². The highest BCUT2D eigenvalue weighted by molar-refractivity contribution is 5.93. The molecule has 2 bridgehead atoms. The van der Waals surface area contributed by atoms with Gasteiger partial charge in [-0.2, -0.15) is 0 Å². The number of ether oxygens (including phenoxy) is 1. The van der Waals surface area contributed by atoms with Crippen LogP contribution in [0.4, 0.5) is 0 Å². The molecule has 0 spiro atoms. The lowest BCUT2D eigenvalue weighted by atomic mass is 9.83. The van der Waals surface area contributed by atoms with Crippen molar-refractivity contribution < 1.29 is 14.6 Å². The van der Waals surface area contributed by atoms with Crippen molar-refractivity contribution in [2.24, 2.45) is 0 Å². The topological polar surface area (TPSA) is 49.8 Å². The highest BCUT2D eigenvalue weighted by atomic mass is 16.5. The van der Waals surface area contributed by atoms with E-state index in [9.17, 15) is 9.90 Å². The average molecular weight is 373 g/mol. The van der Waals surface area contributed by atoms with Crippen molar-refractivity contribution in [1.29, 1.82) is 0 Å². The van der Waals surface area contributed by atoms with Crippen LogP contribution in [0.2, 0.25) is 0 Å². The molecule has 3 heterocycles. The Morgan fingerprint density at radius 2 is 1.82 bits per heavy atom. The van der Waals surface area contributed by atoms with E-state index in [1.165, 1.54) is 24.0 Å². The van der Waals surface area contributed by atoms with E-state index in [0.717, 1.165) is 36.3 Å². The van der Waals surface area contributed by atoms with Gasteiger partial charge < -0.3 is 9.84 Å². The molecule has 0 radical (unpaired) electrons. The summed E-state index contributed by atoms with van der Waals surface area (Å²) in [7, 11) is 0. The maximum Gasteiger partial charge on any atom is 0.335 e. The van der Waals surface area contributed by atoms with Gasteiger partial charge in [0.2, 0.25) is 0 Å². The third kappa shape index (κ3) is 2.68. The fourth-order valence-electron chi connectivity index (χ4n) is 5.11. The molecule has 2 fully saturated rings. The van der Waals surface area contributed by atoms with Crippen LogP contribution in [-0.2, 0) is 0 Å². The number of rotatable bonds is 3. The zero-order chi connectivity index (χ0) is 19.3. The number of hydrogen-bond acceptors (Lipinski definition) is 3. The molecule has 2 atom stereocenters. The summed E-state index contributed by atoms with van der Waals surface area (Å²) >= 11 is 0. The van der Waals surface area contributed by atoms with E-state index in [1.807, 2.05) is 30.3 Å². The standard InChI is InChI=1S/C24H23NO3/c1-2-11-25-17-8-9-18(25)13-16(12-17)23-19-5-3-4-6-21(19)28-22-14-15(24(26)27)7-10-20(22)23/h2-7,10,14,17-18H,1,8-9,11-13H2,(H,26,27). The lowest BCUT2D eigenvalue weighted by Gasteiger charge is -2.37. The van der Waals surface area contributed by atoms with Gasteiger partial charge in [-0.25, -0.2) is 4.79 Å². The zero-order valence-electron chi connectivity index (χ0n) is 15.7. The lowest BCUT2D eigenvalue weighted by molar-refractivity contribution is 0.0696. The molecule has 0 saturated carbocycles. The molecule has 5 rings (SSSR count). The summed E-state index contributed by atoms with van der Waals surface area (Å²) in [5.74, 6) is 0.512. The van der Waals surface area contributed by atoms with Crippen LogP contribution in [-0.4, -0.2) is 34.6 Å². The van der Waals surface area contributed by atoms with E-state index in [-0.39, 0.29) is 5.56 Å². The molecule has 28 heavy (non-hydrogen) atoms. The van der Waals surface area contributed by atoms with Crippen molar-refractivity contribution >= 4 is 11.5 Å². The molecule has 2 unspecified atom stereocenters. The summed E-state index contributed by atoms with van der Waals surface area (Å²) in [5.41, 5.74) is 5.08. The van der Waals surface area contributed by atoms with Crippen molar-refractivity contribution in [3.63, 3.8) is 0 Å². The summed E-state index contributed by atoms with van der Waals surface area (Å²) in [6.45, 7) is 4.88. The predicted molar refractivity (Wildman–Crippen MR) is 109 cm³/mol. The number of carboxylic acid groups (broad SMARTS) is 1. The second-order valence-electron chi connectivity index (χ2n) is 7.87. The van der Waals surface area contributed by atoms with Crippen LogP contribution in [0.15, 0.2) is 60.7 Å². The van der Waals surface area contributed by atoms with E-state index in [2.05, 4.69) is 17.5 Å². The molecular weight excluding hydrogens is 350 g/mol. The summed E-state index contributed by atoms with van der Waals surface area (Å²) < 4.78 is 6.10. The van der Waals surface area contributed by atoms with Crippen LogP contribution in [0.25, 0.3) is 5.57 Å². The van der Waals surface area contributed by atoms with Crippen molar-refractivity contribution in [3.05, 3.63) is 77.4 Å². The van der Waals surface area contributed by atoms with Gasteiger partial charge in [-0.15, -0.1) is 6.58 Å². The van der Waals surface area contributed by atoms with E-state index in [1.54, 1.807) is 12.1 Å². The number of para-hydroxylation sites is 1. The molecule has 0 aromatic heterocycles. The monoisotopic (exact) mass is 373 g/mol. The third-order valence-corrected chi connectivity index (χ3v) is 6.30. The van der Waals surface area contributed by atoms with E-state index >= 15 is 0 Å². The number of fused-ring (bicyclic) bond motifs is 4. The van der Waals surface area contributed by atoms with E-state index in [0.29, 0.717) is 17.8 Å². The zero-order valence-corrected chi connectivity index (χ0v) is 15.7. The Kier molecular flexibility index (Phi) is 4.09. The fraction of sp³-hybridized carbons (Fsp3) is 0.292. The summed E-state index contributed by atoms with van der Waals surface area (Å²) in [5, 5.41) is 9.37. The van der Waals surface area contributed by atoms with Crippen LogP contribution in [0, 0.1) is 0 Å². The average Bonchev–Trinajstić information content (AvgIpc) is 2.93. The first-order valence-electron chi connectivity index (χ1n) is 9.89. The highest BCUT2D eigenvalue weighted by Crippen LogP contribution is 2.49. The smallest absolute Gasteiger partial charge is 0.335 e. The second kappa shape index (κ2) is 6.64. The molecule has 4 nitrogen and oxygen atoms in total. The Morgan fingerprint density at radius 1 is 1.11 bits per heavy atom. The molecule has 142 valence electrons. The van der Waals surface area contributed by atoms with Crippen LogP contribution in [0.1, 0.15) is 47.2 Å². The molecule has 0 amide bonds. The number of aromatic carboxylic acids is 1. The number of hydrogen-bond donors (Lipinski definition) is 1. The number of nitrogens with zero attached hydrogens (tertiary/aromatic N) is 1. The Balaban J connectivity index is 1.65. The van der Waals surface area contributed by atoms with Crippen LogP contribution >= 0.6 is 0 Å². The normalized spacial score (nSPS) is 23.0. The van der Waals surface area contributed by atoms with Gasteiger partial charge in [-0.3, -0.25) is 4.90 Å². The quantitative estimate of drug-likeness (QED) is 0.649. The maximum absolute atomic E-state index is 11.4. The number of piperidine rings is 1. The van der Waals surface area contributed by atoms with Crippen molar-refractivity contribution in [3.8, 4) is 11.5 Å². The molecule has 2 saturated heterocycles. The first-order valence-corrected chi connectivity index (χ1v) is 9.89. The van der Waals surface area contributed by atoms with Crippen molar-refractivity contribution in [2.75, 3.05) is 6.54 Å². The Bertz CT molecular complexity index is 991. The molecular formula is C24H23NO3. The van der Waals surface area contributed by atoms with Crippen LogP contribution in [0.3, 0.4) is 0 Å². The highest BCUT2D eigenvalue weighted by Gasteiger charge is 2.39. The Labute approximate surface area is 164 Å². The Morgan fingerprint density at radius 3 is 2.54 bits per heavy atom. The Hall–Kier alpha value is -2.85. The first-order chi connectivity index (χ1) is 13.7. The van der Waals surface area contributed by atoms with Gasteiger partial charge in [-0.05, 0) is 55.5 Å². The van der Waals surface area contributed by atoms with Crippen molar-refractivity contribution in [2.45, 2.75) is 37.8 Å². The number of carbonyl (C=O) groups is 1. The molecule has 2 aromatic carbocycles. The molecule has 3 aliphatic heterocycles. The largest absolute Gasteiger partial charge is 0.478 e. The van der Waals surface area contributed by atoms with Gasteiger partial charge in [-0.1, -0.05) is 29.8 Å². The second-order valence-corrected chi connectivity index (χ2v) is 7.87. The SMILES string of the molecule is C=CCN1C2CCC1CC(=C1c3ccccc3Oc3cc(C(=O)O)ccc31)C2. The van der Waals surface area contributed by atoms with Gasteiger partial charge >= 0.3 is 5.97 Å². The van der Waals surface area contributed by atoms with Gasteiger partial charge in [0.05, 0.1) is 5.56 Å². The molecule has 1 N–H and O–H groups in total. The maximum atomic E-state index is 11.4. The summed E-state index contributed by atoms with van der Waals surface area (Å²) in [4.78, 5) is 14.0. The van der Waals surface area contributed by atoms with Crippen LogP contribution in [0.5, 0.6) is 11.5 Å². The van der Waals surface area contributed by atoms with Gasteiger partial charge in [0.1, 0.15) is 11.5 Å². The number of benzene rings is 2. The van der Waals surface area contributed by atoms with E-state index in [4.69, 9.17) is 4.74 Å². The summed E-state index contributed by atoms with van der Waals surface area (Å²) in [6.07, 6.45) is 6.58. The summed E-state index contributed by atoms with van der Waals surface area (Å²) in [6, 6.07) is 14.5. The predicted octanol–water partition coefficient (Wildman–Crippen LogP) is 5.11. The molecule has 4 heteroatoms. The fourth-order valence-corrected chi connectivity index (χ4v) is 5.11. The van der Waals surface area contributed by atoms with Gasteiger partial charge in [0.25, 0.3) is 0 Å².